The van der Waals surface area contributed by atoms with Crippen molar-refractivity contribution in [3.8, 4) is 17.6 Å². The lowest BCUT2D eigenvalue weighted by Crippen LogP contribution is -2.18. The molecule has 2 aliphatic rings. The number of hydrogen-bond acceptors (Lipinski definition) is 6. The van der Waals surface area contributed by atoms with Crippen molar-refractivity contribution in [3.63, 3.8) is 0 Å². The lowest BCUT2D eigenvalue weighted by Gasteiger charge is -2.18. The number of nitrogens with zero attached hydrogens (tertiary/aromatic N) is 1. The predicted molar refractivity (Wildman–Crippen MR) is 114 cm³/mol. The van der Waals surface area contributed by atoms with E-state index < -0.39 is 5.97 Å². The molecule has 0 N–H and O–H groups in total. The highest BCUT2D eigenvalue weighted by Crippen LogP contribution is 2.39. The highest BCUT2D eigenvalue weighted by Gasteiger charge is 2.43. The van der Waals surface area contributed by atoms with Crippen molar-refractivity contribution in [3.05, 3.63) is 59.7 Å². The molecule has 1 heterocycles. The molecule has 31 heavy (non-hydrogen) atoms. The van der Waals surface area contributed by atoms with Crippen LogP contribution in [0, 0.1) is 17.2 Å². The van der Waals surface area contributed by atoms with Crippen LogP contribution in [0.5, 0.6) is 11.5 Å². The molecule has 0 aromatic heterocycles. The number of epoxide rings is 1. The van der Waals surface area contributed by atoms with E-state index in [0.717, 1.165) is 38.2 Å². The molecule has 0 amide bonds. The molecule has 6 nitrogen and oxygen atoms in total. The van der Waals surface area contributed by atoms with Crippen LogP contribution in [-0.2, 0) is 9.47 Å². The Labute approximate surface area is 182 Å². The Kier molecular flexibility index (Phi) is 7.18. The third-order valence-corrected chi connectivity index (χ3v) is 5.70. The second-order valence-electron chi connectivity index (χ2n) is 8.07. The van der Waals surface area contributed by atoms with Crippen LogP contribution in [0.25, 0.3) is 0 Å². The molecule has 1 saturated heterocycles. The summed E-state index contributed by atoms with van der Waals surface area (Å²) < 4.78 is 22.4. The molecule has 4 rings (SSSR count). The largest absolute Gasteiger partial charge is 0.494 e. The highest BCUT2D eigenvalue weighted by molar-refractivity contribution is 5.91. The summed E-state index contributed by atoms with van der Waals surface area (Å²) in [4.78, 5) is 12.2. The zero-order valence-electron chi connectivity index (χ0n) is 17.5. The fraction of sp³-hybridized carbons (Fsp3) is 0.440. The van der Waals surface area contributed by atoms with Gasteiger partial charge in [0.1, 0.15) is 11.5 Å². The van der Waals surface area contributed by atoms with Gasteiger partial charge < -0.3 is 18.9 Å². The Hall–Kier alpha value is -2.88. The van der Waals surface area contributed by atoms with Crippen LogP contribution in [0.15, 0.2) is 48.5 Å². The maximum absolute atomic E-state index is 12.2. The third-order valence-electron chi connectivity index (χ3n) is 5.70. The smallest absolute Gasteiger partial charge is 0.343 e. The first-order valence-electron chi connectivity index (χ1n) is 10.9. The van der Waals surface area contributed by atoms with Gasteiger partial charge in [-0.05, 0) is 86.6 Å². The highest BCUT2D eigenvalue weighted by atomic mass is 16.6. The summed E-state index contributed by atoms with van der Waals surface area (Å²) in [7, 11) is 0. The summed E-state index contributed by atoms with van der Waals surface area (Å²) in [6.07, 6.45) is 6.52. The van der Waals surface area contributed by atoms with E-state index in [1.165, 1.54) is 12.8 Å². The van der Waals surface area contributed by atoms with Crippen LogP contribution in [0.1, 0.15) is 48.0 Å². The standard InChI is InChI=1S/C25H27NO5/c26-16-18-3-8-22(9-4-18)30-25(27)20-6-10-21(11-7-20)29-14-2-1-13-28-17-19-5-12-23-24(15-19)31-23/h3-4,6-11,19,23-24H,1-2,5,12-15,17H2. The number of carbonyl (C=O) groups is 1. The average molecular weight is 421 g/mol. The lowest BCUT2D eigenvalue weighted by atomic mass is 9.90. The number of fused-ring (bicyclic) bond motifs is 1. The molecular weight excluding hydrogens is 394 g/mol. The van der Waals surface area contributed by atoms with Gasteiger partial charge in [0.2, 0.25) is 0 Å². The van der Waals surface area contributed by atoms with Crippen LogP contribution in [0.3, 0.4) is 0 Å². The molecule has 0 bridgehead atoms. The number of rotatable bonds is 10. The van der Waals surface area contributed by atoms with Gasteiger partial charge in [0, 0.05) is 13.2 Å². The van der Waals surface area contributed by atoms with Gasteiger partial charge in [-0.25, -0.2) is 4.79 Å². The Morgan fingerprint density at radius 3 is 2.45 bits per heavy atom. The van der Waals surface area contributed by atoms with Crippen LogP contribution in [0.4, 0.5) is 0 Å². The summed E-state index contributed by atoms with van der Waals surface area (Å²) in [6.45, 7) is 2.21. The monoisotopic (exact) mass is 421 g/mol. The van der Waals surface area contributed by atoms with Crippen molar-refractivity contribution in [1.82, 2.24) is 0 Å². The predicted octanol–water partition coefficient (Wildman–Crippen LogP) is 4.52. The minimum atomic E-state index is -0.449. The van der Waals surface area contributed by atoms with Crippen molar-refractivity contribution in [2.24, 2.45) is 5.92 Å². The minimum absolute atomic E-state index is 0.403. The maximum Gasteiger partial charge on any atom is 0.343 e. The molecule has 2 aromatic carbocycles. The van der Waals surface area contributed by atoms with Gasteiger partial charge in [-0.3, -0.25) is 0 Å². The van der Waals surface area contributed by atoms with Crippen molar-refractivity contribution in [2.45, 2.75) is 44.3 Å². The molecular formula is C25H27NO5. The molecule has 1 aliphatic carbocycles. The molecule has 0 radical (unpaired) electrons. The molecule has 2 aromatic rings. The second kappa shape index (κ2) is 10.4. The first kappa shape index (κ1) is 21.4. The quantitative estimate of drug-likeness (QED) is 0.243. The number of carbonyl (C=O) groups excluding carboxylic acids is 1. The molecule has 3 unspecified atom stereocenters. The Bertz CT molecular complexity index is 903. The van der Waals surface area contributed by atoms with Gasteiger partial charge in [0.15, 0.2) is 0 Å². The fourth-order valence-corrected chi connectivity index (χ4v) is 3.84. The van der Waals surface area contributed by atoms with E-state index in [4.69, 9.17) is 24.2 Å². The second-order valence-corrected chi connectivity index (χ2v) is 8.07. The molecule has 162 valence electrons. The van der Waals surface area contributed by atoms with Gasteiger partial charge in [-0.1, -0.05) is 0 Å². The van der Waals surface area contributed by atoms with Crippen molar-refractivity contribution in [2.75, 3.05) is 19.8 Å². The fourth-order valence-electron chi connectivity index (χ4n) is 3.84. The third kappa shape index (κ3) is 6.30. The average Bonchev–Trinajstić information content (AvgIpc) is 3.58. The number of esters is 1. The minimum Gasteiger partial charge on any atom is -0.494 e. The van der Waals surface area contributed by atoms with Crippen LogP contribution >= 0.6 is 0 Å². The molecule has 0 spiro atoms. The zero-order valence-corrected chi connectivity index (χ0v) is 17.5. The zero-order chi connectivity index (χ0) is 21.5. The topological polar surface area (TPSA) is 81.1 Å². The number of nitriles is 1. The van der Waals surface area contributed by atoms with Gasteiger partial charge >= 0.3 is 5.97 Å². The maximum atomic E-state index is 12.2. The number of ether oxygens (including phenoxy) is 4. The van der Waals surface area contributed by atoms with Crippen LogP contribution in [0.2, 0.25) is 0 Å². The van der Waals surface area contributed by atoms with E-state index in [-0.39, 0.29) is 0 Å². The summed E-state index contributed by atoms with van der Waals surface area (Å²) in [6, 6.07) is 15.3. The van der Waals surface area contributed by atoms with E-state index >= 15 is 0 Å². The summed E-state index contributed by atoms with van der Waals surface area (Å²) in [5, 5.41) is 8.81. The first-order chi connectivity index (χ1) is 15.2. The van der Waals surface area contributed by atoms with Crippen LogP contribution < -0.4 is 9.47 Å². The molecule has 6 heteroatoms. The Morgan fingerprint density at radius 2 is 1.71 bits per heavy atom. The van der Waals surface area contributed by atoms with Gasteiger partial charge in [0.25, 0.3) is 0 Å². The Morgan fingerprint density at radius 1 is 0.968 bits per heavy atom. The molecule has 2 fully saturated rings. The SMILES string of the molecule is N#Cc1ccc(OC(=O)c2ccc(OCCCCOCC3CCC4OC4C3)cc2)cc1. The normalized spacial score (nSPS) is 21.6. The first-order valence-corrected chi connectivity index (χ1v) is 10.9. The van der Waals surface area contributed by atoms with E-state index in [1.54, 1.807) is 48.5 Å². The van der Waals surface area contributed by atoms with Gasteiger partial charge in [-0.2, -0.15) is 5.26 Å². The van der Waals surface area contributed by atoms with Gasteiger partial charge in [0.05, 0.1) is 36.0 Å². The van der Waals surface area contributed by atoms with E-state index in [9.17, 15) is 4.79 Å². The van der Waals surface area contributed by atoms with Crippen molar-refractivity contribution >= 4 is 5.97 Å². The van der Waals surface area contributed by atoms with Crippen molar-refractivity contribution in [1.29, 1.82) is 5.26 Å². The van der Waals surface area contributed by atoms with E-state index in [2.05, 4.69) is 0 Å². The molecule has 1 aliphatic heterocycles. The van der Waals surface area contributed by atoms with E-state index in [1.807, 2.05) is 6.07 Å². The van der Waals surface area contributed by atoms with Crippen LogP contribution in [-0.4, -0.2) is 38.0 Å². The number of hydrogen-bond donors (Lipinski definition) is 0. The summed E-state index contributed by atoms with van der Waals surface area (Å²) in [5.74, 6) is 1.33. The van der Waals surface area contributed by atoms with E-state index in [0.29, 0.717) is 41.6 Å². The summed E-state index contributed by atoms with van der Waals surface area (Å²) >= 11 is 0. The van der Waals surface area contributed by atoms with Crippen molar-refractivity contribution < 1.29 is 23.7 Å². The number of benzene rings is 2. The molecule has 3 atom stereocenters. The lowest BCUT2D eigenvalue weighted by molar-refractivity contribution is 0.0734. The number of unbranched alkanes of at least 4 members (excludes halogenated alkanes) is 1. The molecule has 1 saturated carbocycles. The summed E-state index contributed by atoms with van der Waals surface area (Å²) in [5.41, 5.74) is 0.958. The Balaban J connectivity index is 1.09. The van der Waals surface area contributed by atoms with Gasteiger partial charge in [-0.15, -0.1) is 0 Å².